The van der Waals surface area contributed by atoms with Gasteiger partial charge in [-0.05, 0) is 149 Å². The zero-order valence-electron chi connectivity index (χ0n) is 37.4. The van der Waals surface area contributed by atoms with Crippen molar-refractivity contribution < 1.29 is 50.8 Å². The van der Waals surface area contributed by atoms with Crippen LogP contribution in [0.2, 0.25) is 0 Å². The van der Waals surface area contributed by atoms with E-state index in [4.69, 9.17) is 9.66 Å². The monoisotopic (exact) mass is 952 g/mol. The van der Waals surface area contributed by atoms with Crippen LogP contribution in [0.5, 0.6) is 0 Å². The SMILES string of the molecule is CCN(C1CCC(C(=O)O)CC1)S(=O)(=O)c1cccc(C(=O)Nc2ccc(N3CCCCC3)cc2C(=O)Nc2ccc(CCc3ccc(C(=O)O)cc3)cc2)c1.Cc1ccc(S(=O)(=O)O)cc1. The molecule has 0 bridgehead atoms. The van der Waals surface area contributed by atoms with Gasteiger partial charge in [0.15, 0.2) is 0 Å². The van der Waals surface area contributed by atoms with Crippen LogP contribution in [0, 0.1) is 12.8 Å². The second-order valence-corrected chi connectivity index (χ2v) is 20.1. The standard InChI is InChI=1S/C43H48N4O8S.C7H8O3S/c1-2-47(35-21-17-32(18-22-35)43(52)53)56(54,55)37-8-6-7-33(27-37)40(48)45-39-24-23-36(46-25-4-3-5-26-46)28-38(39)41(49)44-34-19-13-30(14-20-34)10-9-29-11-15-31(16-12-29)42(50)51;1-6-2-4-7(5-3-6)11(8,9)10/h6-8,11-16,19-20,23-24,27-28,32,35H,2-5,9-10,17-18,21-22,25-26H2,1H3,(H,44,49)(H,45,48)(H,50,51)(H,52,53);2-5H,1H3,(H,8,9,10). The van der Waals surface area contributed by atoms with Crippen molar-refractivity contribution in [1.29, 1.82) is 0 Å². The molecular formula is C50H56N4O11S2. The van der Waals surface area contributed by atoms with Gasteiger partial charge in [0, 0.05) is 42.6 Å². The third-order valence-corrected chi connectivity index (χ3v) is 15.0. The molecule has 5 aromatic rings. The summed E-state index contributed by atoms with van der Waals surface area (Å²) in [6, 6.07) is 31.1. The molecule has 5 aromatic carbocycles. The van der Waals surface area contributed by atoms with Crippen LogP contribution in [0.1, 0.15) is 99.6 Å². The molecule has 0 spiro atoms. The molecule has 1 heterocycles. The molecule has 0 aromatic heterocycles. The first-order valence-electron chi connectivity index (χ1n) is 22.2. The van der Waals surface area contributed by atoms with Crippen molar-refractivity contribution in [3.8, 4) is 0 Å². The Morgan fingerprint density at radius 2 is 1.28 bits per heavy atom. The van der Waals surface area contributed by atoms with E-state index in [1.807, 2.05) is 49.4 Å². The number of aromatic carboxylic acids is 1. The zero-order chi connectivity index (χ0) is 48.3. The summed E-state index contributed by atoms with van der Waals surface area (Å²) in [5.74, 6) is -3.29. The van der Waals surface area contributed by atoms with Crippen LogP contribution in [-0.4, -0.2) is 85.3 Å². The van der Waals surface area contributed by atoms with Gasteiger partial charge in [0.05, 0.1) is 32.5 Å². The van der Waals surface area contributed by atoms with Gasteiger partial charge in [-0.1, -0.05) is 55.0 Å². The number of hydrogen-bond acceptors (Lipinski definition) is 9. The molecule has 354 valence electrons. The minimum Gasteiger partial charge on any atom is -0.481 e. The largest absolute Gasteiger partial charge is 0.481 e. The topological polar surface area (TPSA) is 228 Å². The number of carbonyl (C=O) groups is 4. The molecular weight excluding hydrogens is 897 g/mol. The summed E-state index contributed by atoms with van der Waals surface area (Å²) in [7, 11) is -8.02. The van der Waals surface area contributed by atoms with Crippen molar-refractivity contribution >= 4 is 61.0 Å². The Labute approximate surface area is 391 Å². The van der Waals surface area contributed by atoms with Crippen LogP contribution in [-0.2, 0) is 37.8 Å². The van der Waals surface area contributed by atoms with Gasteiger partial charge in [0.2, 0.25) is 10.0 Å². The molecule has 15 nitrogen and oxygen atoms in total. The number of carbonyl (C=O) groups excluding carboxylic acids is 2. The molecule has 5 N–H and O–H groups in total. The number of sulfonamides is 1. The number of piperidine rings is 1. The Hall–Kier alpha value is -6.40. The average Bonchev–Trinajstić information content (AvgIpc) is 3.32. The van der Waals surface area contributed by atoms with Gasteiger partial charge in [-0.3, -0.25) is 18.9 Å². The fraction of sp³-hybridized carbons (Fsp3) is 0.320. The molecule has 1 saturated carbocycles. The second-order valence-electron chi connectivity index (χ2n) is 16.8. The number of hydrogen-bond donors (Lipinski definition) is 5. The fourth-order valence-corrected chi connectivity index (χ4v) is 10.5. The molecule has 17 heteroatoms. The molecule has 0 radical (unpaired) electrons. The third kappa shape index (κ3) is 13.4. The van der Waals surface area contributed by atoms with E-state index in [0.717, 1.165) is 67.6 Å². The van der Waals surface area contributed by atoms with Crippen LogP contribution in [0.3, 0.4) is 0 Å². The van der Waals surface area contributed by atoms with Crippen LogP contribution < -0.4 is 15.5 Å². The maximum absolute atomic E-state index is 13.9. The lowest BCUT2D eigenvalue weighted by Crippen LogP contribution is -2.42. The van der Waals surface area contributed by atoms with Crippen LogP contribution in [0.4, 0.5) is 17.1 Å². The van der Waals surface area contributed by atoms with Crippen molar-refractivity contribution in [3.63, 3.8) is 0 Å². The van der Waals surface area contributed by atoms with Crippen molar-refractivity contribution in [2.45, 2.75) is 87.5 Å². The number of nitrogens with zero attached hydrogens (tertiary/aromatic N) is 2. The number of carboxylic acids is 2. The van der Waals surface area contributed by atoms with Gasteiger partial charge in [-0.25, -0.2) is 13.2 Å². The predicted molar refractivity (Wildman–Crippen MR) is 256 cm³/mol. The van der Waals surface area contributed by atoms with Gasteiger partial charge >= 0.3 is 11.9 Å². The Morgan fingerprint density at radius 1 is 0.672 bits per heavy atom. The van der Waals surface area contributed by atoms with E-state index in [9.17, 15) is 41.1 Å². The summed E-state index contributed by atoms with van der Waals surface area (Å²) in [5.41, 5.74) is 5.34. The molecule has 2 amide bonds. The highest BCUT2D eigenvalue weighted by Crippen LogP contribution is 2.32. The molecule has 0 unspecified atom stereocenters. The highest BCUT2D eigenvalue weighted by Gasteiger charge is 2.35. The summed E-state index contributed by atoms with van der Waals surface area (Å²) in [6.45, 7) is 5.51. The maximum atomic E-state index is 13.9. The van der Waals surface area contributed by atoms with E-state index < -0.39 is 49.8 Å². The first-order chi connectivity index (χ1) is 31.9. The van der Waals surface area contributed by atoms with Gasteiger partial charge in [-0.15, -0.1) is 0 Å². The van der Waals surface area contributed by atoms with Crippen molar-refractivity contribution in [2.24, 2.45) is 5.92 Å². The van der Waals surface area contributed by atoms with Gasteiger partial charge in [0.25, 0.3) is 21.9 Å². The maximum Gasteiger partial charge on any atom is 0.335 e. The van der Waals surface area contributed by atoms with E-state index in [1.165, 1.54) is 40.7 Å². The molecule has 2 fully saturated rings. The van der Waals surface area contributed by atoms with Crippen molar-refractivity contribution in [1.82, 2.24) is 4.31 Å². The lowest BCUT2D eigenvalue weighted by atomic mass is 9.86. The van der Waals surface area contributed by atoms with E-state index >= 15 is 0 Å². The number of amides is 2. The molecule has 1 aliphatic carbocycles. The number of nitrogens with one attached hydrogen (secondary N) is 2. The fourth-order valence-electron chi connectivity index (χ4n) is 8.31. The van der Waals surface area contributed by atoms with Crippen LogP contribution in [0.25, 0.3) is 0 Å². The van der Waals surface area contributed by atoms with Crippen LogP contribution in [0.15, 0.2) is 125 Å². The average molecular weight is 953 g/mol. The number of carboxylic acid groups (broad SMARTS) is 2. The quantitative estimate of drug-likeness (QED) is 0.0622. The summed E-state index contributed by atoms with van der Waals surface area (Å²) >= 11 is 0. The predicted octanol–water partition coefficient (Wildman–Crippen LogP) is 8.56. The number of rotatable bonds is 15. The Balaban J connectivity index is 0.000000591. The number of aryl methyl sites for hydroxylation is 3. The minimum absolute atomic E-state index is 0.0367. The molecule has 0 atom stereocenters. The summed E-state index contributed by atoms with van der Waals surface area (Å²) in [6.07, 6.45) is 6.36. The Bertz CT molecular complexity index is 2770. The minimum atomic E-state index is -4.02. The Morgan fingerprint density at radius 3 is 1.85 bits per heavy atom. The summed E-state index contributed by atoms with van der Waals surface area (Å²) in [4.78, 5) is 52.4. The number of aliphatic carboxylic acids is 1. The first kappa shape index (κ1) is 50.0. The number of benzene rings is 5. The normalized spacial score (nSPS) is 16.3. The van der Waals surface area contributed by atoms with Gasteiger partial charge < -0.3 is 25.7 Å². The van der Waals surface area contributed by atoms with Gasteiger partial charge in [0.1, 0.15) is 0 Å². The molecule has 67 heavy (non-hydrogen) atoms. The molecule has 1 saturated heterocycles. The first-order valence-corrected chi connectivity index (χ1v) is 25.1. The summed E-state index contributed by atoms with van der Waals surface area (Å²) < 4.78 is 58.7. The highest BCUT2D eigenvalue weighted by atomic mass is 32.2. The van der Waals surface area contributed by atoms with Crippen LogP contribution >= 0.6 is 0 Å². The third-order valence-electron chi connectivity index (χ3n) is 12.1. The lowest BCUT2D eigenvalue weighted by molar-refractivity contribution is -0.143. The lowest BCUT2D eigenvalue weighted by Gasteiger charge is -2.34. The summed E-state index contributed by atoms with van der Waals surface area (Å²) in [5, 5.41) is 24.4. The van der Waals surface area contributed by atoms with Crippen molar-refractivity contribution in [2.75, 3.05) is 35.2 Å². The molecule has 7 rings (SSSR count). The van der Waals surface area contributed by atoms with Crippen molar-refractivity contribution in [3.05, 3.63) is 149 Å². The van der Waals surface area contributed by atoms with E-state index in [2.05, 4.69) is 15.5 Å². The zero-order valence-corrected chi connectivity index (χ0v) is 39.1. The number of anilines is 3. The molecule has 2 aliphatic rings. The second kappa shape index (κ2) is 22.4. The van der Waals surface area contributed by atoms with Gasteiger partial charge in [-0.2, -0.15) is 12.7 Å². The molecule has 1 aliphatic heterocycles. The highest BCUT2D eigenvalue weighted by molar-refractivity contribution is 7.89. The smallest absolute Gasteiger partial charge is 0.335 e. The van der Waals surface area contributed by atoms with E-state index in [0.29, 0.717) is 31.4 Å². The van der Waals surface area contributed by atoms with E-state index in [1.54, 1.807) is 43.3 Å². The van der Waals surface area contributed by atoms with E-state index in [-0.39, 0.29) is 44.8 Å². The Kier molecular flexibility index (Phi) is 16.7.